The number of aromatic carboxylic acids is 1. The number of rotatable bonds is 7. The fourth-order valence-electron chi connectivity index (χ4n) is 2.80. The molecule has 3 rings (SSSR count). The lowest BCUT2D eigenvalue weighted by atomic mass is 10.2. The van der Waals surface area contributed by atoms with E-state index in [9.17, 15) is 18.3 Å². The topological polar surface area (TPSA) is 129 Å². The van der Waals surface area contributed by atoms with Crippen LogP contribution in [0.1, 0.15) is 10.4 Å². The average Bonchev–Trinajstić information content (AvgIpc) is 2.82. The van der Waals surface area contributed by atoms with Crippen molar-refractivity contribution in [1.82, 2.24) is 10.0 Å². The summed E-state index contributed by atoms with van der Waals surface area (Å²) in [6, 6.07) is 9.84. The minimum atomic E-state index is -4.17. The number of methoxy groups -OCH3 is 1. The molecule has 2 aromatic carbocycles. The molecule has 0 fully saturated rings. The number of halogens is 1. The van der Waals surface area contributed by atoms with Crippen molar-refractivity contribution in [3.63, 3.8) is 0 Å². The summed E-state index contributed by atoms with van der Waals surface area (Å²) in [5, 5.41) is 12.5. The Kier molecular flexibility index (Phi) is 7.87. The molecule has 0 bridgehead atoms. The number of aliphatic imine (C=N–C) groups is 2. The van der Waals surface area contributed by atoms with Crippen LogP contribution in [0.3, 0.4) is 0 Å². The molecule has 0 unspecified atom stereocenters. The van der Waals surface area contributed by atoms with Crippen molar-refractivity contribution in [3.8, 4) is 5.75 Å². The Balaban J connectivity index is 2.03. The van der Waals surface area contributed by atoms with Crippen molar-refractivity contribution in [2.45, 2.75) is 4.90 Å². The molecule has 0 aromatic heterocycles. The van der Waals surface area contributed by atoms with Gasteiger partial charge in [0.05, 0.1) is 34.8 Å². The first-order valence-corrected chi connectivity index (χ1v) is 11.7. The van der Waals surface area contributed by atoms with Gasteiger partial charge in [-0.3, -0.25) is 9.71 Å². The van der Waals surface area contributed by atoms with Gasteiger partial charge in [0, 0.05) is 11.8 Å². The van der Waals surface area contributed by atoms with E-state index in [-0.39, 0.29) is 28.7 Å². The van der Waals surface area contributed by atoms with Gasteiger partial charge in [-0.15, -0.1) is 0 Å². The first-order chi connectivity index (χ1) is 16.2. The van der Waals surface area contributed by atoms with E-state index >= 15 is 0 Å². The predicted molar refractivity (Wildman–Crippen MR) is 132 cm³/mol. The number of carbonyl (C=O) groups is 1. The van der Waals surface area contributed by atoms with Crippen LogP contribution >= 0.6 is 11.6 Å². The van der Waals surface area contributed by atoms with Gasteiger partial charge in [0.15, 0.2) is 11.7 Å². The Morgan fingerprint density at radius 3 is 2.79 bits per heavy atom. The quantitative estimate of drug-likeness (QED) is 0.497. The second-order valence-electron chi connectivity index (χ2n) is 6.82. The van der Waals surface area contributed by atoms with Crippen molar-refractivity contribution in [3.05, 3.63) is 89.6 Å². The van der Waals surface area contributed by atoms with Gasteiger partial charge in [0.2, 0.25) is 0 Å². The normalized spacial score (nSPS) is 16.2. The van der Waals surface area contributed by atoms with E-state index in [2.05, 4.69) is 26.6 Å². The number of carboxylic acids is 1. The molecule has 1 aliphatic heterocycles. The summed E-state index contributed by atoms with van der Waals surface area (Å²) < 4.78 is 33.6. The third kappa shape index (κ3) is 6.12. The minimum absolute atomic E-state index is 0.0653. The van der Waals surface area contributed by atoms with Crippen molar-refractivity contribution >= 4 is 45.0 Å². The van der Waals surface area contributed by atoms with Crippen LogP contribution in [0.2, 0.25) is 5.02 Å². The van der Waals surface area contributed by atoms with Gasteiger partial charge in [0.1, 0.15) is 5.75 Å². The van der Waals surface area contributed by atoms with Gasteiger partial charge in [-0.25, -0.2) is 18.2 Å². The number of allylic oxidation sites excluding steroid dienone is 4. The number of carboxylic acid groups (broad SMARTS) is 1. The summed E-state index contributed by atoms with van der Waals surface area (Å²) in [5.41, 5.74) is 0.806. The van der Waals surface area contributed by atoms with Gasteiger partial charge in [-0.05, 0) is 36.4 Å². The molecule has 0 atom stereocenters. The molecule has 0 radical (unpaired) electrons. The molecular weight excluding hydrogens is 480 g/mol. The number of benzene rings is 2. The maximum absolute atomic E-state index is 13.0. The number of amidine groups is 2. The highest BCUT2D eigenvalue weighted by Gasteiger charge is 2.24. The monoisotopic (exact) mass is 500 g/mol. The van der Waals surface area contributed by atoms with Gasteiger partial charge in [-0.1, -0.05) is 42.5 Å². The van der Waals surface area contributed by atoms with E-state index in [1.54, 1.807) is 42.5 Å². The first kappa shape index (κ1) is 24.7. The Hall–Kier alpha value is -3.89. The molecule has 0 saturated carbocycles. The number of nitrogens with one attached hydrogen (secondary N) is 2. The van der Waals surface area contributed by atoms with Gasteiger partial charge >= 0.3 is 5.97 Å². The molecule has 1 heterocycles. The Bertz CT molecular complexity index is 1350. The third-order valence-corrected chi connectivity index (χ3v) is 6.12. The third-order valence-electron chi connectivity index (χ3n) is 4.46. The fraction of sp³-hybridized carbons (Fsp3) is 0.0870. The maximum Gasteiger partial charge on any atom is 0.335 e. The summed E-state index contributed by atoms with van der Waals surface area (Å²) in [6.07, 6.45) is 6.82. The molecular formula is C23H21ClN4O5S. The molecule has 11 heteroatoms. The standard InChI is InChI=1S/C23H21ClN4O5S/c1-3-4-5-8-16-14-25-21(22(26-16)27-20-13-17(33-2)10-11-19(20)24)28-34(31,32)18-9-6-7-15(12-18)23(29)30/h3-13H,1,14H2,2H3,(H,25,28)(H,26,27)(H,29,30)/b5-4-,16-8+. The molecule has 0 spiro atoms. The molecule has 2 aromatic rings. The smallest absolute Gasteiger partial charge is 0.335 e. The van der Waals surface area contributed by atoms with E-state index < -0.39 is 16.0 Å². The van der Waals surface area contributed by atoms with E-state index in [1.165, 1.54) is 25.3 Å². The Morgan fingerprint density at radius 2 is 2.09 bits per heavy atom. The van der Waals surface area contributed by atoms with Crippen LogP contribution in [0, 0.1) is 0 Å². The summed E-state index contributed by atoms with van der Waals surface area (Å²) in [5.74, 6) is -0.707. The number of ether oxygens (including phenoxy) is 1. The second-order valence-corrected chi connectivity index (χ2v) is 8.91. The van der Waals surface area contributed by atoms with Crippen molar-refractivity contribution < 1.29 is 23.1 Å². The molecule has 0 saturated heterocycles. The molecule has 9 nitrogen and oxygen atoms in total. The van der Waals surface area contributed by atoms with Crippen LogP contribution < -0.4 is 14.8 Å². The van der Waals surface area contributed by atoms with E-state index in [0.29, 0.717) is 22.2 Å². The summed E-state index contributed by atoms with van der Waals surface area (Å²) >= 11 is 6.27. The lowest BCUT2D eigenvalue weighted by Gasteiger charge is -2.21. The fourth-order valence-corrected chi connectivity index (χ4v) is 4.04. The zero-order chi connectivity index (χ0) is 24.7. The van der Waals surface area contributed by atoms with E-state index in [0.717, 1.165) is 6.07 Å². The van der Waals surface area contributed by atoms with Gasteiger partial charge < -0.3 is 15.2 Å². The molecule has 3 N–H and O–H groups in total. The van der Waals surface area contributed by atoms with Crippen LogP contribution in [0.4, 0.5) is 5.69 Å². The van der Waals surface area contributed by atoms with Crippen LogP contribution in [0.25, 0.3) is 0 Å². The van der Waals surface area contributed by atoms with Gasteiger partial charge in [0.25, 0.3) is 10.0 Å². The van der Waals surface area contributed by atoms with E-state index in [4.69, 9.17) is 16.3 Å². The zero-order valence-corrected chi connectivity index (χ0v) is 19.6. The molecule has 0 aliphatic carbocycles. The number of hydrogen-bond donors (Lipinski definition) is 3. The summed E-state index contributed by atoms with van der Waals surface area (Å²) in [7, 11) is -2.67. The van der Waals surface area contributed by atoms with Crippen LogP contribution in [0.5, 0.6) is 5.75 Å². The highest BCUT2D eigenvalue weighted by molar-refractivity contribution is 7.90. The molecule has 1 aliphatic rings. The maximum atomic E-state index is 13.0. The van der Waals surface area contributed by atoms with Crippen molar-refractivity contribution in [2.24, 2.45) is 9.98 Å². The lowest BCUT2D eigenvalue weighted by molar-refractivity contribution is 0.0696. The highest BCUT2D eigenvalue weighted by atomic mass is 35.5. The lowest BCUT2D eigenvalue weighted by Crippen LogP contribution is -2.46. The van der Waals surface area contributed by atoms with Crippen LogP contribution in [-0.4, -0.2) is 44.8 Å². The first-order valence-electron chi connectivity index (χ1n) is 9.82. The SMILES string of the molecule is C=C/C=C\C=C1/CN=C(NS(=O)(=O)c2cccc(C(=O)O)c2)C(=Nc2cc(OC)ccc2Cl)N1. The number of nitrogens with zero attached hydrogens (tertiary/aromatic N) is 2. The molecule has 176 valence electrons. The minimum Gasteiger partial charge on any atom is -0.497 e. The number of hydrogen-bond acceptors (Lipinski definition) is 6. The predicted octanol–water partition coefficient (Wildman–Crippen LogP) is 3.68. The van der Waals surface area contributed by atoms with E-state index in [1.807, 2.05) is 0 Å². The second kappa shape index (κ2) is 10.8. The van der Waals surface area contributed by atoms with Crippen LogP contribution in [0.15, 0.2) is 93.9 Å². The Labute approximate surface area is 201 Å². The van der Waals surface area contributed by atoms with Crippen molar-refractivity contribution in [2.75, 3.05) is 13.7 Å². The average molecular weight is 501 g/mol. The number of sulfonamides is 1. The van der Waals surface area contributed by atoms with Crippen LogP contribution in [-0.2, 0) is 10.0 Å². The van der Waals surface area contributed by atoms with Crippen molar-refractivity contribution in [1.29, 1.82) is 0 Å². The summed E-state index contributed by atoms with van der Waals surface area (Å²) in [4.78, 5) is 19.8. The molecule has 34 heavy (non-hydrogen) atoms. The molecule has 0 amide bonds. The highest BCUT2D eigenvalue weighted by Crippen LogP contribution is 2.29. The largest absolute Gasteiger partial charge is 0.497 e. The summed E-state index contributed by atoms with van der Waals surface area (Å²) in [6.45, 7) is 3.75. The zero-order valence-electron chi connectivity index (χ0n) is 18.0. The van der Waals surface area contributed by atoms with Gasteiger partial charge in [-0.2, -0.15) is 0 Å². The Morgan fingerprint density at radius 1 is 1.29 bits per heavy atom.